The molecular weight excluding hydrogens is 204 g/mol. The Bertz CT molecular complexity index is 388. The van der Waals surface area contributed by atoms with Crippen molar-refractivity contribution in [2.45, 2.75) is 25.2 Å². The summed E-state index contributed by atoms with van der Waals surface area (Å²) in [5.74, 6) is 0.705. The van der Waals surface area contributed by atoms with Crippen LogP contribution in [-0.2, 0) is 0 Å². The zero-order valence-corrected chi connectivity index (χ0v) is 9.38. The molecule has 0 bridgehead atoms. The van der Waals surface area contributed by atoms with E-state index in [1.54, 1.807) is 7.05 Å². The van der Waals surface area contributed by atoms with Crippen molar-refractivity contribution in [3.8, 4) is 0 Å². The average molecular weight is 220 g/mol. The number of nitrogens with one attached hydrogen (secondary N) is 1. The fourth-order valence-corrected chi connectivity index (χ4v) is 2.07. The fraction of sp³-hybridized carbons (Fsp3) is 0.417. The summed E-state index contributed by atoms with van der Waals surface area (Å²) >= 11 is 0. The number of benzene rings is 1. The van der Waals surface area contributed by atoms with Gasteiger partial charge in [-0.05, 0) is 18.1 Å². The number of nitrogens with zero attached hydrogens (tertiary/aromatic N) is 1. The largest absolute Gasteiger partial charge is 0.386 e. The third-order valence-corrected chi connectivity index (χ3v) is 3.02. The van der Waals surface area contributed by atoms with Gasteiger partial charge in [0.05, 0.1) is 11.9 Å². The first-order chi connectivity index (χ1) is 7.65. The number of aliphatic hydroxyl groups excluding tert-OH is 2. The quantitative estimate of drug-likeness (QED) is 0.484. The van der Waals surface area contributed by atoms with E-state index in [2.05, 4.69) is 10.3 Å². The van der Waals surface area contributed by atoms with Gasteiger partial charge in [0, 0.05) is 7.05 Å². The number of hydrogen-bond acceptors (Lipinski definition) is 3. The van der Waals surface area contributed by atoms with Gasteiger partial charge in [0.25, 0.3) is 0 Å². The minimum atomic E-state index is -0.692. The maximum absolute atomic E-state index is 10.1. The lowest BCUT2D eigenvalue weighted by Crippen LogP contribution is -2.38. The Kier molecular flexibility index (Phi) is 2.94. The van der Waals surface area contributed by atoms with Crippen molar-refractivity contribution < 1.29 is 10.2 Å². The molecule has 0 saturated heterocycles. The standard InChI is InChI=1S/C12H16N2O2/c1-7(13-2)14-10-11(15)8-5-3-4-6-9(8)12(10)16/h3-6,10-12,15-16H,1-2H3,(H,13,14). The maximum Gasteiger partial charge on any atom is 0.102 e. The van der Waals surface area contributed by atoms with Crippen molar-refractivity contribution in [1.82, 2.24) is 5.32 Å². The molecule has 2 atom stereocenters. The Morgan fingerprint density at radius 3 is 2.12 bits per heavy atom. The highest BCUT2D eigenvalue weighted by atomic mass is 16.3. The molecule has 0 aliphatic heterocycles. The van der Waals surface area contributed by atoms with Crippen LogP contribution in [0.1, 0.15) is 30.3 Å². The summed E-state index contributed by atoms with van der Waals surface area (Å²) in [5.41, 5.74) is 1.58. The van der Waals surface area contributed by atoms with E-state index in [9.17, 15) is 10.2 Å². The predicted molar refractivity (Wildman–Crippen MR) is 62.3 cm³/mol. The Morgan fingerprint density at radius 1 is 1.19 bits per heavy atom. The van der Waals surface area contributed by atoms with Gasteiger partial charge in [-0.3, -0.25) is 4.99 Å². The van der Waals surface area contributed by atoms with Crippen LogP contribution in [-0.4, -0.2) is 29.1 Å². The minimum absolute atomic E-state index is 0.416. The second kappa shape index (κ2) is 4.23. The second-order valence-corrected chi connectivity index (χ2v) is 4.00. The van der Waals surface area contributed by atoms with Crippen molar-refractivity contribution in [2.75, 3.05) is 7.05 Å². The highest BCUT2D eigenvalue weighted by Crippen LogP contribution is 2.38. The summed E-state index contributed by atoms with van der Waals surface area (Å²) in [6.07, 6.45) is -1.38. The molecule has 0 radical (unpaired) electrons. The zero-order valence-electron chi connectivity index (χ0n) is 9.38. The Hall–Kier alpha value is -1.39. The molecular formula is C12H16N2O2. The molecule has 1 aliphatic rings. The number of hydrogen-bond donors (Lipinski definition) is 3. The highest BCUT2D eigenvalue weighted by Gasteiger charge is 2.38. The van der Waals surface area contributed by atoms with Crippen molar-refractivity contribution in [3.05, 3.63) is 35.4 Å². The lowest BCUT2D eigenvalue weighted by atomic mass is 10.1. The van der Waals surface area contributed by atoms with Gasteiger partial charge in [-0.1, -0.05) is 24.3 Å². The molecule has 4 nitrogen and oxygen atoms in total. The van der Waals surface area contributed by atoms with Crippen LogP contribution in [0.3, 0.4) is 0 Å². The summed E-state index contributed by atoms with van der Waals surface area (Å²) in [7, 11) is 1.67. The molecule has 0 amide bonds. The number of aliphatic imine (C=N–C) groups is 1. The monoisotopic (exact) mass is 220 g/mol. The molecule has 4 heteroatoms. The number of fused-ring (bicyclic) bond motifs is 1. The van der Waals surface area contributed by atoms with Crippen LogP contribution in [0.5, 0.6) is 0 Å². The van der Waals surface area contributed by atoms with E-state index in [1.807, 2.05) is 31.2 Å². The SMILES string of the molecule is CN=C(C)NC1C(O)c2ccccc2C1O. The zero-order chi connectivity index (χ0) is 11.7. The molecule has 3 N–H and O–H groups in total. The first-order valence-electron chi connectivity index (χ1n) is 5.30. The lowest BCUT2D eigenvalue weighted by molar-refractivity contribution is 0.0702. The molecule has 1 aromatic carbocycles. The third-order valence-electron chi connectivity index (χ3n) is 3.02. The normalized spacial score (nSPS) is 29.0. The van der Waals surface area contributed by atoms with Crippen LogP contribution in [0.2, 0.25) is 0 Å². The Morgan fingerprint density at radius 2 is 1.69 bits per heavy atom. The highest BCUT2D eigenvalue weighted by molar-refractivity contribution is 5.80. The van der Waals surface area contributed by atoms with E-state index < -0.39 is 18.2 Å². The molecule has 2 unspecified atom stereocenters. The van der Waals surface area contributed by atoms with E-state index in [4.69, 9.17) is 0 Å². The first-order valence-corrected chi connectivity index (χ1v) is 5.30. The van der Waals surface area contributed by atoms with Gasteiger partial charge in [-0.15, -0.1) is 0 Å². The molecule has 16 heavy (non-hydrogen) atoms. The molecule has 1 aliphatic carbocycles. The molecule has 0 fully saturated rings. The van der Waals surface area contributed by atoms with Crippen LogP contribution >= 0.6 is 0 Å². The van der Waals surface area contributed by atoms with Crippen LogP contribution in [0.15, 0.2) is 29.3 Å². The van der Waals surface area contributed by atoms with E-state index in [0.717, 1.165) is 11.1 Å². The summed E-state index contributed by atoms with van der Waals surface area (Å²) in [6, 6.07) is 6.98. The van der Waals surface area contributed by atoms with Crippen LogP contribution in [0, 0.1) is 0 Å². The number of rotatable bonds is 1. The number of aliphatic hydroxyl groups is 2. The van der Waals surface area contributed by atoms with Gasteiger partial charge >= 0.3 is 0 Å². The molecule has 0 saturated carbocycles. The van der Waals surface area contributed by atoms with Crippen molar-refractivity contribution >= 4 is 5.84 Å². The van der Waals surface area contributed by atoms with Gasteiger partial charge in [-0.25, -0.2) is 0 Å². The molecule has 0 heterocycles. The van der Waals surface area contributed by atoms with Gasteiger partial charge in [-0.2, -0.15) is 0 Å². The molecule has 0 aromatic heterocycles. The van der Waals surface area contributed by atoms with E-state index in [1.165, 1.54) is 0 Å². The molecule has 1 aromatic rings. The van der Waals surface area contributed by atoms with Gasteiger partial charge in [0.1, 0.15) is 12.2 Å². The molecule has 0 spiro atoms. The van der Waals surface area contributed by atoms with Crippen LogP contribution < -0.4 is 5.32 Å². The van der Waals surface area contributed by atoms with Crippen molar-refractivity contribution in [2.24, 2.45) is 4.99 Å². The van der Waals surface area contributed by atoms with E-state index in [0.29, 0.717) is 5.84 Å². The van der Waals surface area contributed by atoms with Gasteiger partial charge in [0.2, 0.25) is 0 Å². The smallest absolute Gasteiger partial charge is 0.102 e. The molecule has 2 rings (SSSR count). The summed E-state index contributed by atoms with van der Waals surface area (Å²) in [5, 5.41) is 23.2. The predicted octanol–water partition coefficient (Wildman–Crippen LogP) is 0.773. The van der Waals surface area contributed by atoms with Crippen LogP contribution in [0.4, 0.5) is 0 Å². The summed E-state index contributed by atoms with van der Waals surface area (Å²) < 4.78 is 0. The Balaban J connectivity index is 2.28. The van der Waals surface area contributed by atoms with E-state index in [-0.39, 0.29) is 0 Å². The minimum Gasteiger partial charge on any atom is -0.386 e. The average Bonchev–Trinajstić information content (AvgIpc) is 2.55. The van der Waals surface area contributed by atoms with Crippen LogP contribution in [0.25, 0.3) is 0 Å². The fourth-order valence-electron chi connectivity index (χ4n) is 2.07. The number of amidine groups is 1. The van der Waals surface area contributed by atoms with Gasteiger partial charge in [0.15, 0.2) is 0 Å². The summed E-state index contributed by atoms with van der Waals surface area (Å²) in [6.45, 7) is 1.81. The Labute approximate surface area is 94.6 Å². The first kappa shape index (κ1) is 11.1. The summed E-state index contributed by atoms with van der Waals surface area (Å²) in [4.78, 5) is 3.97. The third kappa shape index (κ3) is 1.70. The lowest BCUT2D eigenvalue weighted by Gasteiger charge is -2.21. The van der Waals surface area contributed by atoms with Crippen molar-refractivity contribution in [1.29, 1.82) is 0 Å². The van der Waals surface area contributed by atoms with E-state index >= 15 is 0 Å². The van der Waals surface area contributed by atoms with Crippen molar-refractivity contribution in [3.63, 3.8) is 0 Å². The second-order valence-electron chi connectivity index (χ2n) is 4.00. The van der Waals surface area contributed by atoms with Gasteiger partial charge < -0.3 is 15.5 Å². The molecule has 86 valence electrons. The topological polar surface area (TPSA) is 64.9 Å². The maximum atomic E-state index is 10.1.